The van der Waals surface area contributed by atoms with Crippen molar-refractivity contribution in [1.29, 1.82) is 0 Å². The zero-order valence-corrected chi connectivity index (χ0v) is 11.7. The van der Waals surface area contributed by atoms with Gasteiger partial charge in [0.15, 0.2) is 6.10 Å². The first kappa shape index (κ1) is 14.8. The van der Waals surface area contributed by atoms with Crippen LogP contribution in [-0.4, -0.2) is 29.6 Å². The molecular weight excluding hydrogens is 270 g/mol. The van der Waals surface area contributed by atoms with Crippen LogP contribution < -0.4 is 10.1 Å². The van der Waals surface area contributed by atoms with Crippen LogP contribution in [0.2, 0.25) is 0 Å². The van der Waals surface area contributed by atoms with E-state index in [1.165, 1.54) is 0 Å². The van der Waals surface area contributed by atoms with E-state index < -0.39 is 12.1 Å². The summed E-state index contributed by atoms with van der Waals surface area (Å²) in [5.41, 5.74) is 0. The summed E-state index contributed by atoms with van der Waals surface area (Å²) in [7, 11) is 0. The molecule has 21 heavy (non-hydrogen) atoms. The van der Waals surface area contributed by atoms with Gasteiger partial charge in [-0.25, -0.2) is 0 Å². The number of ether oxygens (including phenoxy) is 1. The number of aliphatic carboxylic acids is 1. The molecule has 2 aromatic carbocycles. The summed E-state index contributed by atoms with van der Waals surface area (Å²) in [5.74, 6) is -0.643. The van der Waals surface area contributed by atoms with Gasteiger partial charge in [-0.2, -0.15) is 0 Å². The minimum absolute atomic E-state index is 0.0946. The van der Waals surface area contributed by atoms with Gasteiger partial charge in [0.05, 0.1) is 6.42 Å². The zero-order chi connectivity index (χ0) is 15.2. The number of nitrogens with one attached hydrogen (secondary N) is 1. The maximum absolute atomic E-state index is 11.8. The fourth-order valence-corrected chi connectivity index (χ4v) is 1.98. The van der Waals surface area contributed by atoms with E-state index in [4.69, 9.17) is 9.84 Å². The number of carbonyl (C=O) groups is 2. The smallest absolute Gasteiger partial charge is 0.305 e. The Morgan fingerprint density at radius 3 is 2.67 bits per heavy atom. The first-order valence-corrected chi connectivity index (χ1v) is 6.72. The molecule has 0 radical (unpaired) electrons. The number of carbonyl (C=O) groups excluding carboxylic acids is 1. The lowest BCUT2D eigenvalue weighted by Crippen LogP contribution is -2.37. The first-order valence-electron chi connectivity index (χ1n) is 6.72. The molecule has 0 heterocycles. The van der Waals surface area contributed by atoms with E-state index in [1.807, 2.05) is 42.5 Å². The molecule has 0 aliphatic heterocycles. The summed E-state index contributed by atoms with van der Waals surface area (Å²) in [6, 6.07) is 13.4. The Balaban J connectivity index is 2.02. The largest absolute Gasteiger partial charge is 0.481 e. The van der Waals surface area contributed by atoms with E-state index in [-0.39, 0.29) is 18.9 Å². The summed E-state index contributed by atoms with van der Waals surface area (Å²) in [4.78, 5) is 22.2. The Kier molecular flexibility index (Phi) is 4.77. The van der Waals surface area contributed by atoms with Crippen LogP contribution in [0.5, 0.6) is 5.75 Å². The molecule has 0 saturated heterocycles. The molecule has 0 aliphatic carbocycles. The standard InChI is InChI=1S/C16H17NO4/c1-11(16(20)17-10-9-15(18)19)21-14-8-4-6-12-5-2-3-7-13(12)14/h2-8,11H,9-10H2,1H3,(H,17,20)(H,18,19). The van der Waals surface area contributed by atoms with Gasteiger partial charge in [0.2, 0.25) is 0 Å². The summed E-state index contributed by atoms with van der Waals surface area (Å²) >= 11 is 0. The van der Waals surface area contributed by atoms with Crippen LogP contribution in [-0.2, 0) is 9.59 Å². The molecule has 1 atom stereocenters. The predicted molar refractivity (Wildman–Crippen MR) is 79.3 cm³/mol. The average Bonchev–Trinajstić information content (AvgIpc) is 2.47. The quantitative estimate of drug-likeness (QED) is 0.854. The van der Waals surface area contributed by atoms with Crippen LogP contribution in [0.15, 0.2) is 42.5 Å². The molecule has 0 bridgehead atoms. The van der Waals surface area contributed by atoms with Crippen molar-refractivity contribution in [3.8, 4) is 5.75 Å². The fourth-order valence-electron chi connectivity index (χ4n) is 1.98. The molecular formula is C16H17NO4. The Morgan fingerprint density at radius 1 is 1.19 bits per heavy atom. The highest BCUT2D eigenvalue weighted by atomic mass is 16.5. The van der Waals surface area contributed by atoms with Crippen molar-refractivity contribution in [2.24, 2.45) is 0 Å². The molecule has 1 unspecified atom stereocenters. The van der Waals surface area contributed by atoms with Crippen molar-refractivity contribution in [3.05, 3.63) is 42.5 Å². The SMILES string of the molecule is CC(Oc1cccc2ccccc12)C(=O)NCCC(=O)O. The zero-order valence-electron chi connectivity index (χ0n) is 11.7. The lowest BCUT2D eigenvalue weighted by Gasteiger charge is -2.16. The third kappa shape index (κ3) is 3.95. The van der Waals surface area contributed by atoms with Gasteiger partial charge in [-0.3, -0.25) is 9.59 Å². The van der Waals surface area contributed by atoms with Crippen molar-refractivity contribution in [3.63, 3.8) is 0 Å². The second-order valence-corrected chi connectivity index (χ2v) is 4.67. The highest BCUT2D eigenvalue weighted by Gasteiger charge is 2.15. The van der Waals surface area contributed by atoms with Crippen molar-refractivity contribution < 1.29 is 19.4 Å². The summed E-state index contributed by atoms with van der Waals surface area (Å²) in [6.07, 6.45) is -0.795. The molecule has 5 nitrogen and oxygen atoms in total. The van der Waals surface area contributed by atoms with Crippen molar-refractivity contribution in [2.75, 3.05) is 6.54 Å². The molecule has 110 valence electrons. The van der Waals surface area contributed by atoms with Crippen LogP contribution in [0.3, 0.4) is 0 Å². The van der Waals surface area contributed by atoms with E-state index in [2.05, 4.69) is 5.32 Å². The summed E-state index contributed by atoms with van der Waals surface area (Å²) in [6.45, 7) is 1.73. The topological polar surface area (TPSA) is 75.6 Å². The Hall–Kier alpha value is -2.56. The van der Waals surface area contributed by atoms with Gasteiger partial charge in [0, 0.05) is 11.9 Å². The minimum Gasteiger partial charge on any atom is -0.481 e. The number of rotatable bonds is 6. The second kappa shape index (κ2) is 6.74. The molecule has 0 spiro atoms. The number of carboxylic acids is 1. The Bertz CT molecular complexity index is 648. The molecule has 2 N–H and O–H groups in total. The minimum atomic E-state index is -0.946. The van der Waals surface area contributed by atoms with E-state index >= 15 is 0 Å². The van der Waals surface area contributed by atoms with Crippen LogP contribution in [0, 0.1) is 0 Å². The Morgan fingerprint density at radius 2 is 1.90 bits per heavy atom. The summed E-state index contributed by atoms with van der Waals surface area (Å²) < 4.78 is 5.69. The van der Waals surface area contributed by atoms with Crippen molar-refractivity contribution in [1.82, 2.24) is 5.32 Å². The molecule has 0 saturated carbocycles. The highest BCUT2D eigenvalue weighted by molar-refractivity contribution is 5.89. The Labute approximate surface area is 122 Å². The average molecular weight is 287 g/mol. The number of benzene rings is 2. The number of fused-ring (bicyclic) bond motifs is 1. The molecule has 0 aliphatic rings. The number of hydrogen-bond donors (Lipinski definition) is 2. The van der Waals surface area contributed by atoms with Crippen LogP contribution in [0.25, 0.3) is 10.8 Å². The van der Waals surface area contributed by atoms with Gasteiger partial charge in [0.1, 0.15) is 5.75 Å². The number of amides is 1. The maximum atomic E-state index is 11.8. The third-order valence-electron chi connectivity index (χ3n) is 3.06. The van der Waals surface area contributed by atoms with E-state index in [0.717, 1.165) is 10.8 Å². The van der Waals surface area contributed by atoms with Crippen LogP contribution in [0.4, 0.5) is 0 Å². The molecule has 2 aromatic rings. The second-order valence-electron chi connectivity index (χ2n) is 4.67. The van der Waals surface area contributed by atoms with Crippen LogP contribution in [0.1, 0.15) is 13.3 Å². The normalized spacial score (nSPS) is 11.9. The van der Waals surface area contributed by atoms with Gasteiger partial charge in [-0.1, -0.05) is 36.4 Å². The van der Waals surface area contributed by atoms with Crippen molar-refractivity contribution >= 4 is 22.6 Å². The van der Waals surface area contributed by atoms with Gasteiger partial charge >= 0.3 is 5.97 Å². The number of hydrogen-bond acceptors (Lipinski definition) is 3. The first-order chi connectivity index (χ1) is 10.1. The van der Waals surface area contributed by atoms with Gasteiger partial charge in [0.25, 0.3) is 5.91 Å². The maximum Gasteiger partial charge on any atom is 0.305 e. The monoisotopic (exact) mass is 287 g/mol. The number of carboxylic acid groups (broad SMARTS) is 1. The molecule has 0 fully saturated rings. The summed E-state index contributed by atoms with van der Waals surface area (Å²) in [5, 5.41) is 13.0. The molecule has 0 aromatic heterocycles. The molecule has 2 rings (SSSR count). The van der Waals surface area contributed by atoms with E-state index in [0.29, 0.717) is 5.75 Å². The molecule has 5 heteroatoms. The van der Waals surface area contributed by atoms with E-state index in [9.17, 15) is 9.59 Å². The predicted octanol–water partition coefficient (Wildman–Crippen LogP) is 2.20. The van der Waals surface area contributed by atoms with Crippen LogP contribution >= 0.6 is 0 Å². The fraction of sp³-hybridized carbons (Fsp3) is 0.250. The lowest BCUT2D eigenvalue weighted by molar-refractivity contribution is -0.137. The highest BCUT2D eigenvalue weighted by Crippen LogP contribution is 2.25. The third-order valence-corrected chi connectivity index (χ3v) is 3.06. The van der Waals surface area contributed by atoms with Gasteiger partial charge in [-0.15, -0.1) is 0 Å². The van der Waals surface area contributed by atoms with E-state index in [1.54, 1.807) is 6.92 Å². The molecule has 1 amide bonds. The lowest BCUT2D eigenvalue weighted by atomic mass is 10.1. The van der Waals surface area contributed by atoms with Crippen molar-refractivity contribution in [2.45, 2.75) is 19.4 Å². The van der Waals surface area contributed by atoms with Gasteiger partial charge in [-0.05, 0) is 18.4 Å². The van der Waals surface area contributed by atoms with Gasteiger partial charge < -0.3 is 15.2 Å².